The molecule has 0 rings (SSSR count). The van der Waals surface area contributed by atoms with E-state index in [0.717, 1.165) is 51.4 Å². The van der Waals surface area contributed by atoms with Gasteiger partial charge in [0.15, 0.2) is 6.10 Å². The van der Waals surface area contributed by atoms with Crippen molar-refractivity contribution in [1.82, 2.24) is 0 Å². The number of phosphoric acid groups is 2. The predicted octanol–water partition coefficient (Wildman–Crippen LogP) is 17.9. The summed E-state index contributed by atoms with van der Waals surface area (Å²) in [6.45, 7) is 6.22. The van der Waals surface area contributed by atoms with Gasteiger partial charge in [0, 0.05) is 19.3 Å². The average Bonchev–Trinajstić information content (AvgIpc) is 2.76. The summed E-state index contributed by atoms with van der Waals surface area (Å²) in [5.41, 5.74) is 0. The second kappa shape index (κ2) is 63.6. The number of nitrogens with zero attached hydrogens (tertiary/aromatic N) is 2. The van der Waals surface area contributed by atoms with Crippen molar-refractivity contribution in [2.45, 2.75) is 348 Å². The van der Waals surface area contributed by atoms with Crippen molar-refractivity contribution < 1.29 is 79.7 Å². The van der Waals surface area contributed by atoms with Gasteiger partial charge in [-0.2, -0.15) is 0 Å². The highest BCUT2D eigenvalue weighted by atomic mass is 31.2. The second-order valence-corrected chi connectivity index (χ2v) is 30.6. The Bertz CT molecular complexity index is 1700. The van der Waals surface area contributed by atoms with Gasteiger partial charge >= 0.3 is 17.9 Å². The number of quaternary nitrogens is 2. The summed E-state index contributed by atoms with van der Waals surface area (Å²) in [6.07, 6.45) is 56.4. The number of carbonyl (C=O) groups is 3. The van der Waals surface area contributed by atoms with Gasteiger partial charge in [0.2, 0.25) is 0 Å². The Morgan fingerprint density at radius 2 is 0.567 bits per heavy atom. The minimum absolute atomic E-state index is 0.00529. The summed E-state index contributed by atoms with van der Waals surface area (Å²) in [7, 11) is 2.44. The van der Waals surface area contributed by atoms with Crippen LogP contribution in [0.5, 0.6) is 0 Å². The van der Waals surface area contributed by atoms with Crippen LogP contribution in [0.15, 0.2) is 0 Å². The molecule has 0 heterocycles. The Balaban J connectivity index is 0. The molecular weight excluding hydrogens is 1180 g/mol. The number of phosphoric ester groups is 2. The molecule has 0 aliphatic heterocycles. The molecule has 1 N–H and O–H groups in total. The zero-order valence-corrected chi connectivity index (χ0v) is 61.7. The summed E-state index contributed by atoms with van der Waals surface area (Å²) in [5.74, 6) is -1.20. The molecule has 0 aliphatic rings. The molecule has 0 aromatic carbocycles. The molecule has 0 saturated heterocycles. The number of esters is 3. The van der Waals surface area contributed by atoms with Crippen molar-refractivity contribution in [3.05, 3.63) is 0 Å². The number of ether oxygens (including phenoxy) is 3. The fraction of sp³-hybridized carbons (Fsp3) is 0.958. The number of likely N-dealkylation sites (N-methyl/N-ethyl adjacent to an activating group) is 2. The summed E-state index contributed by atoms with van der Waals surface area (Å²) < 4.78 is 60.6. The number of carbonyl (C=O) groups excluding carboxylic acids is 3. The normalized spacial score (nSPS) is 13.9. The van der Waals surface area contributed by atoms with Crippen molar-refractivity contribution in [2.24, 2.45) is 0 Å². The molecule has 538 valence electrons. The lowest BCUT2D eigenvalue weighted by molar-refractivity contribution is -0.870. The number of rotatable bonds is 68. The van der Waals surface area contributed by atoms with Crippen molar-refractivity contribution in [3.8, 4) is 0 Å². The van der Waals surface area contributed by atoms with Crippen LogP contribution in [0.2, 0.25) is 0 Å². The standard InChI is InChI=1S/C44H88NO8P.C27H56NO7P/c1-6-8-10-12-14-16-18-20-22-24-26-28-30-32-34-36-43(46)50-40-42(41-52-54(48,49)51-39-38-45(3,4)5)53-44(47)37-35-33-31-29-27-25-23-21-19-17-15-13-11-9-7-2;1-5-6-7-8-9-10-11-12-13-14-15-16-17-18-19-20-21-27(30)33-24-26(29)25-35-36(31,32)34-23-22-28(2,3)4/h42H,6-41H2,1-5H3;26,29H,5-25H2,1-4H3/t42-;26-/m00/s1. The minimum Gasteiger partial charge on any atom is -0.756 e. The lowest BCUT2D eigenvalue weighted by atomic mass is 10.0. The van der Waals surface area contributed by atoms with Crippen LogP contribution in [0.4, 0.5) is 0 Å². The summed E-state index contributed by atoms with van der Waals surface area (Å²) in [6, 6.07) is 0. The molecule has 2 unspecified atom stereocenters. The Labute approximate surface area is 553 Å². The van der Waals surface area contributed by atoms with Crippen molar-refractivity contribution in [1.29, 1.82) is 0 Å². The van der Waals surface area contributed by atoms with E-state index in [1.807, 2.05) is 42.3 Å². The fourth-order valence-electron chi connectivity index (χ4n) is 10.3. The van der Waals surface area contributed by atoms with Gasteiger partial charge in [0.05, 0.1) is 55.5 Å². The van der Waals surface area contributed by atoms with Crippen LogP contribution in [0.3, 0.4) is 0 Å². The van der Waals surface area contributed by atoms with Crippen LogP contribution in [0.25, 0.3) is 0 Å². The average molecular weight is 1330 g/mol. The van der Waals surface area contributed by atoms with Crippen LogP contribution in [0.1, 0.15) is 335 Å². The Morgan fingerprint density at radius 1 is 0.333 bits per heavy atom. The monoisotopic (exact) mass is 1330 g/mol. The van der Waals surface area contributed by atoms with Crippen LogP contribution in [-0.2, 0) is 55.8 Å². The molecule has 19 heteroatoms. The van der Waals surface area contributed by atoms with E-state index < -0.39 is 47.0 Å². The number of hydrogen-bond donors (Lipinski definition) is 1. The Hall–Kier alpha value is -1.49. The van der Waals surface area contributed by atoms with Crippen LogP contribution < -0.4 is 9.79 Å². The van der Waals surface area contributed by atoms with Crippen molar-refractivity contribution in [2.75, 3.05) is 95.0 Å². The highest BCUT2D eigenvalue weighted by Crippen LogP contribution is 2.39. The van der Waals surface area contributed by atoms with Gasteiger partial charge in [0.25, 0.3) is 15.6 Å². The summed E-state index contributed by atoms with van der Waals surface area (Å²) in [4.78, 5) is 61.0. The van der Waals surface area contributed by atoms with Gasteiger partial charge in [-0.05, 0) is 19.3 Å². The maximum absolute atomic E-state index is 12.7. The third-order valence-corrected chi connectivity index (χ3v) is 18.2. The van der Waals surface area contributed by atoms with Gasteiger partial charge < -0.3 is 56.2 Å². The number of hydrogen-bond acceptors (Lipinski definition) is 15. The number of unbranched alkanes of at least 4 members (excludes halogenated alkanes) is 43. The zero-order valence-electron chi connectivity index (χ0n) is 59.9. The van der Waals surface area contributed by atoms with Crippen LogP contribution >= 0.6 is 15.6 Å². The van der Waals surface area contributed by atoms with Gasteiger partial charge in [-0.25, -0.2) is 0 Å². The van der Waals surface area contributed by atoms with E-state index in [1.165, 1.54) is 238 Å². The molecule has 0 fully saturated rings. The van der Waals surface area contributed by atoms with Gasteiger partial charge in [-0.3, -0.25) is 23.5 Å². The molecule has 0 saturated carbocycles. The second-order valence-electron chi connectivity index (χ2n) is 27.8. The van der Waals surface area contributed by atoms with Crippen LogP contribution in [0, 0.1) is 0 Å². The first-order valence-electron chi connectivity index (χ1n) is 37.0. The largest absolute Gasteiger partial charge is 0.756 e. The molecule has 0 radical (unpaired) electrons. The third-order valence-electron chi connectivity index (χ3n) is 16.2. The first kappa shape index (κ1) is 90.6. The first-order chi connectivity index (χ1) is 43.0. The molecule has 0 aromatic heterocycles. The van der Waals surface area contributed by atoms with Crippen LogP contribution in [-0.4, -0.2) is 139 Å². The van der Waals surface area contributed by atoms with E-state index in [9.17, 15) is 38.4 Å². The van der Waals surface area contributed by atoms with E-state index >= 15 is 0 Å². The molecule has 17 nitrogen and oxygen atoms in total. The maximum Gasteiger partial charge on any atom is 0.306 e. The fourth-order valence-corrected chi connectivity index (χ4v) is 11.8. The van der Waals surface area contributed by atoms with E-state index in [2.05, 4.69) is 25.3 Å². The molecule has 0 amide bonds. The molecule has 4 atom stereocenters. The van der Waals surface area contributed by atoms with E-state index in [-0.39, 0.29) is 51.2 Å². The lowest BCUT2D eigenvalue weighted by Crippen LogP contribution is -2.37. The van der Waals surface area contributed by atoms with Gasteiger partial charge in [-0.15, -0.1) is 0 Å². The van der Waals surface area contributed by atoms with E-state index in [0.29, 0.717) is 34.9 Å². The molecule has 0 spiro atoms. The predicted molar refractivity (Wildman–Crippen MR) is 366 cm³/mol. The molecule has 0 aromatic rings. The minimum atomic E-state index is -4.62. The number of aliphatic hydroxyl groups excluding tert-OH is 1. The van der Waals surface area contributed by atoms with E-state index in [1.54, 1.807) is 0 Å². The lowest BCUT2D eigenvalue weighted by Gasteiger charge is -2.28. The SMILES string of the molecule is CCCCCCCCCCCCCCCCCC(=O)OC[C@@H](COP(=O)([O-])OCC[N+](C)(C)C)OC(=O)CCCCCCCCCCCCCCCCC.CCCCCCCCCCCCCCCCCCC(=O)OC[C@H](O)COP(=O)([O-])OCC[N+](C)(C)C. The van der Waals surface area contributed by atoms with Crippen molar-refractivity contribution >= 4 is 33.6 Å². The topological polar surface area (TPSA) is 216 Å². The van der Waals surface area contributed by atoms with E-state index in [4.69, 9.17) is 27.8 Å². The first-order valence-corrected chi connectivity index (χ1v) is 40.0. The molecule has 90 heavy (non-hydrogen) atoms. The smallest absolute Gasteiger partial charge is 0.306 e. The summed E-state index contributed by atoms with van der Waals surface area (Å²) in [5, 5.41) is 9.81. The zero-order chi connectivity index (χ0) is 67.1. The molecule has 0 aliphatic carbocycles. The maximum atomic E-state index is 12.7. The van der Waals surface area contributed by atoms with Gasteiger partial charge in [-0.1, -0.05) is 297 Å². The molecule has 0 bridgehead atoms. The number of aliphatic hydroxyl groups is 1. The quantitative estimate of drug-likeness (QED) is 0.0197. The Morgan fingerprint density at radius 3 is 0.833 bits per heavy atom. The highest BCUT2D eigenvalue weighted by molar-refractivity contribution is 7.46. The van der Waals surface area contributed by atoms with Crippen molar-refractivity contribution in [3.63, 3.8) is 0 Å². The highest BCUT2D eigenvalue weighted by Gasteiger charge is 2.22. The van der Waals surface area contributed by atoms with Gasteiger partial charge in [0.1, 0.15) is 45.6 Å². The summed E-state index contributed by atoms with van der Waals surface area (Å²) >= 11 is 0. The third kappa shape index (κ3) is 73.9. The molecular formula is C71H144N2O15P2. The Kier molecular flexibility index (Phi) is 64.0.